The molecule has 0 unspecified atom stereocenters. The lowest BCUT2D eigenvalue weighted by molar-refractivity contribution is 0.100. The average molecular weight is 274 g/mol. The summed E-state index contributed by atoms with van der Waals surface area (Å²) in [7, 11) is 0. The van der Waals surface area contributed by atoms with E-state index >= 15 is 0 Å². The Morgan fingerprint density at radius 3 is 2.21 bits per heavy atom. The summed E-state index contributed by atoms with van der Waals surface area (Å²) in [6.07, 6.45) is 0. The quantitative estimate of drug-likeness (QED) is 0.843. The van der Waals surface area contributed by atoms with Crippen molar-refractivity contribution in [3.63, 3.8) is 0 Å². The summed E-state index contributed by atoms with van der Waals surface area (Å²) in [6, 6.07) is 10.8. The van der Waals surface area contributed by atoms with E-state index in [9.17, 15) is 9.18 Å². The van der Waals surface area contributed by atoms with Gasteiger partial charge in [-0.15, -0.1) is 0 Å². The summed E-state index contributed by atoms with van der Waals surface area (Å²) >= 11 is 4.94. The molecule has 0 bridgehead atoms. The van der Waals surface area contributed by atoms with Gasteiger partial charge in [-0.05, 0) is 12.1 Å². The lowest BCUT2D eigenvalue weighted by Crippen LogP contribution is -2.17. The van der Waals surface area contributed by atoms with Crippen molar-refractivity contribution >= 4 is 23.1 Å². The van der Waals surface area contributed by atoms with E-state index < -0.39 is 11.7 Å². The maximum atomic E-state index is 13.9. The van der Waals surface area contributed by atoms with Crippen LogP contribution in [0.2, 0.25) is 0 Å². The van der Waals surface area contributed by atoms with Gasteiger partial charge in [0.05, 0.1) is 0 Å². The normalized spacial score (nSPS) is 10.2. The first-order valence-corrected chi connectivity index (χ1v) is 5.90. The molecular weight excluding hydrogens is 263 g/mol. The fourth-order valence-corrected chi connectivity index (χ4v) is 2.09. The molecule has 0 aromatic heterocycles. The molecule has 0 atom stereocenters. The number of rotatable bonds is 3. The molecule has 0 spiro atoms. The van der Waals surface area contributed by atoms with Gasteiger partial charge in [0.25, 0.3) is 0 Å². The van der Waals surface area contributed by atoms with E-state index in [1.807, 2.05) is 0 Å². The summed E-state index contributed by atoms with van der Waals surface area (Å²) in [6.45, 7) is 0. The van der Waals surface area contributed by atoms with Crippen molar-refractivity contribution in [3.05, 3.63) is 59.4 Å². The zero-order chi connectivity index (χ0) is 14.0. The van der Waals surface area contributed by atoms with Gasteiger partial charge in [-0.25, -0.2) is 4.39 Å². The van der Waals surface area contributed by atoms with E-state index in [1.165, 1.54) is 12.1 Å². The van der Waals surface area contributed by atoms with Crippen LogP contribution in [0, 0.1) is 5.82 Å². The van der Waals surface area contributed by atoms with Gasteiger partial charge in [0.1, 0.15) is 10.8 Å². The molecule has 2 aromatic rings. The first kappa shape index (κ1) is 13.2. The van der Waals surface area contributed by atoms with Crippen molar-refractivity contribution in [1.29, 1.82) is 0 Å². The highest BCUT2D eigenvalue weighted by Gasteiger charge is 2.18. The van der Waals surface area contributed by atoms with Crippen LogP contribution in [0.4, 0.5) is 4.39 Å². The molecule has 4 N–H and O–H groups in total. The number of nitrogens with two attached hydrogens (primary N) is 2. The van der Waals surface area contributed by atoms with Gasteiger partial charge < -0.3 is 11.5 Å². The summed E-state index contributed by atoms with van der Waals surface area (Å²) in [5, 5.41) is 0. The molecule has 0 aliphatic heterocycles. The monoisotopic (exact) mass is 274 g/mol. The molecule has 5 heteroatoms. The van der Waals surface area contributed by atoms with E-state index in [4.69, 9.17) is 23.7 Å². The Morgan fingerprint density at radius 1 is 1.00 bits per heavy atom. The second kappa shape index (κ2) is 5.16. The molecular formula is C14H11FN2OS. The van der Waals surface area contributed by atoms with Crippen molar-refractivity contribution < 1.29 is 9.18 Å². The van der Waals surface area contributed by atoms with E-state index in [2.05, 4.69) is 0 Å². The van der Waals surface area contributed by atoms with Crippen molar-refractivity contribution in [1.82, 2.24) is 0 Å². The molecule has 2 aromatic carbocycles. The van der Waals surface area contributed by atoms with Crippen LogP contribution in [0.1, 0.15) is 15.9 Å². The molecule has 19 heavy (non-hydrogen) atoms. The van der Waals surface area contributed by atoms with Crippen LogP contribution in [0.3, 0.4) is 0 Å². The van der Waals surface area contributed by atoms with E-state index in [-0.39, 0.29) is 16.1 Å². The summed E-state index contributed by atoms with van der Waals surface area (Å²) in [4.78, 5) is 11.6. The van der Waals surface area contributed by atoms with Crippen LogP contribution in [0.5, 0.6) is 0 Å². The number of primary amides is 1. The summed E-state index contributed by atoms with van der Waals surface area (Å²) in [5.41, 5.74) is 12.2. The van der Waals surface area contributed by atoms with Crippen LogP contribution in [-0.4, -0.2) is 10.9 Å². The highest BCUT2D eigenvalue weighted by molar-refractivity contribution is 7.80. The number of hydrogen-bond donors (Lipinski definition) is 2. The second-order valence-corrected chi connectivity index (χ2v) is 4.38. The zero-order valence-corrected chi connectivity index (χ0v) is 10.7. The van der Waals surface area contributed by atoms with Crippen molar-refractivity contribution in [2.45, 2.75) is 0 Å². The van der Waals surface area contributed by atoms with E-state index in [1.54, 1.807) is 30.3 Å². The molecule has 0 saturated carbocycles. The molecule has 0 radical (unpaired) electrons. The number of amides is 1. The minimum atomic E-state index is -0.656. The molecule has 0 aliphatic rings. The van der Waals surface area contributed by atoms with Gasteiger partial charge >= 0.3 is 0 Å². The largest absolute Gasteiger partial charge is 0.389 e. The van der Waals surface area contributed by atoms with Gasteiger partial charge in [0.2, 0.25) is 5.91 Å². The standard InChI is InChI=1S/C14H11FN2OS/c15-11-7-2-1-4-8(11)12-9(13(16)18)5-3-6-10(12)14(17)19/h1-7H,(H2,16,18)(H2,17,19). The van der Waals surface area contributed by atoms with Crippen LogP contribution in [-0.2, 0) is 0 Å². The smallest absolute Gasteiger partial charge is 0.249 e. The van der Waals surface area contributed by atoms with Gasteiger partial charge in [-0.2, -0.15) is 0 Å². The Balaban J connectivity index is 2.83. The molecule has 2 rings (SSSR count). The first-order valence-electron chi connectivity index (χ1n) is 5.50. The SMILES string of the molecule is NC(=O)c1cccc(C(N)=S)c1-c1ccccc1F. The van der Waals surface area contributed by atoms with E-state index in [0.29, 0.717) is 11.1 Å². The summed E-state index contributed by atoms with van der Waals surface area (Å²) < 4.78 is 13.9. The van der Waals surface area contributed by atoms with Gasteiger partial charge in [-0.3, -0.25) is 4.79 Å². The Kier molecular flexibility index (Phi) is 3.57. The van der Waals surface area contributed by atoms with Gasteiger partial charge in [-0.1, -0.05) is 42.5 Å². The zero-order valence-electron chi connectivity index (χ0n) is 9.89. The number of benzene rings is 2. The van der Waals surface area contributed by atoms with Crippen LogP contribution >= 0.6 is 12.2 Å². The maximum absolute atomic E-state index is 13.9. The molecule has 3 nitrogen and oxygen atoms in total. The highest BCUT2D eigenvalue weighted by atomic mass is 32.1. The molecule has 1 amide bonds. The number of halogens is 1. The topological polar surface area (TPSA) is 69.1 Å². The Morgan fingerprint density at radius 2 is 1.63 bits per heavy atom. The van der Waals surface area contributed by atoms with Crippen LogP contribution in [0.15, 0.2) is 42.5 Å². The number of thiocarbonyl (C=S) groups is 1. The Hall–Kier alpha value is -2.27. The Labute approximate surface area is 115 Å². The molecule has 0 aliphatic carbocycles. The number of carbonyl (C=O) groups excluding carboxylic acids is 1. The predicted octanol–water partition coefficient (Wildman–Crippen LogP) is 2.23. The van der Waals surface area contributed by atoms with Crippen molar-refractivity contribution in [2.24, 2.45) is 11.5 Å². The van der Waals surface area contributed by atoms with Crippen molar-refractivity contribution in [3.8, 4) is 11.1 Å². The van der Waals surface area contributed by atoms with Gasteiger partial charge in [0, 0.05) is 22.3 Å². The fourth-order valence-electron chi connectivity index (χ4n) is 1.92. The summed E-state index contributed by atoms with van der Waals surface area (Å²) in [5.74, 6) is -1.12. The average Bonchev–Trinajstić information content (AvgIpc) is 2.38. The van der Waals surface area contributed by atoms with Gasteiger partial charge in [0.15, 0.2) is 0 Å². The van der Waals surface area contributed by atoms with Crippen molar-refractivity contribution in [2.75, 3.05) is 0 Å². The number of carbonyl (C=O) groups is 1. The van der Waals surface area contributed by atoms with E-state index in [0.717, 1.165) is 0 Å². The number of hydrogen-bond acceptors (Lipinski definition) is 2. The highest BCUT2D eigenvalue weighted by Crippen LogP contribution is 2.29. The molecule has 0 heterocycles. The molecule has 96 valence electrons. The third kappa shape index (κ3) is 2.46. The van der Waals surface area contributed by atoms with Crippen LogP contribution in [0.25, 0.3) is 11.1 Å². The maximum Gasteiger partial charge on any atom is 0.249 e. The molecule has 0 fully saturated rings. The Bertz CT molecular complexity index is 638. The first-order chi connectivity index (χ1) is 9.02. The third-order valence-electron chi connectivity index (χ3n) is 2.74. The minimum Gasteiger partial charge on any atom is -0.389 e. The predicted molar refractivity (Wildman–Crippen MR) is 76.2 cm³/mol. The second-order valence-electron chi connectivity index (χ2n) is 3.94. The molecule has 0 saturated heterocycles. The van der Waals surface area contributed by atoms with Crippen LogP contribution < -0.4 is 11.5 Å². The lowest BCUT2D eigenvalue weighted by atomic mass is 9.93. The fraction of sp³-hybridized carbons (Fsp3) is 0. The lowest BCUT2D eigenvalue weighted by Gasteiger charge is -2.13. The third-order valence-corrected chi connectivity index (χ3v) is 2.96. The minimum absolute atomic E-state index is 0.0846.